The van der Waals surface area contributed by atoms with Gasteiger partial charge in [0.05, 0.1) is 18.7 Å². The number of nitrogens with zero attached hydrogens (tertiary/aromatic N) is 4. The molecule has 0 saturated carbocycles. The Morgan fingerprint density at radius 2 is 2.04 bits per heavy atom. The van der Waals surface area contributed by atoms with Gasteiger partial charge in [0, 0.05) is 31.1 Å². The van der Waals surface area contributed by atoms with Crippen molar-refractivity contribution < 1.29 is 9.59 Å². The second kappa shape index (κ2) is 5.95. The summed E-state index contributed by atoms with van der Waals surface area (Å²) in [4.78, 5) is 30.6. The first-order valence-corrected chi connectivity index (χ1v) is 7.69. The SMILES string of the molecule is Cc1ccc(CN2C(=O)C[C@@H](Cc3cnn(C)c3)C2=O)c(C)n1. The first kappa shape index (κ1) is 15.4. The fourth-order valence-corrected chi connectivity index (χ4v) is 2.99. The molecule has 0 aliphatic carbocycles. The molecule has 3 heterocycles. The molecule has 1 aliphatic rings. The molecule has 0 bridgehead atoms. The van der Waals surface area contributed by atoms with E-state index in [1.807, 2.05) is 39.2 Å². The van der Waals surface area contributed by atoms with E-state index in [2.05, 4.69) is 10.1 Å². The van der Waals surface area contributed by atoms with E-state index in [1.54, 1.807) is 10.9 Å². The van der Waals surface area contributed by atoms with Crippen molar-refractivity contribution in [3.05, 3.63) is 47.0 Å². The fourth-order valence-electron chi connectivity index (χ4n) is 2.99. The number of carbonyl (C=O) groups excluding carboxylic acids is 2. The van der Waals surface area contributed by atoms with E-state index in [4.69, 9.17) is 0 Å². The van der Waals surface area contributed by atoms with E-state index in [1.165, 1.54) is 4.90 Å². The number of hydrogen-bond acceptors (Lipinski definition) is 4. The minimum Gasteiger partial charge on any atom is -0.278 e. The lowest BCUT2D eigenvalue weighted by Gasteiger charge is -2.16. The average molecular weight is 312 g/mol. The molecule has 0 aromatic carbocycles. The van der Waals surface area contributed by atoms with Crippen LogP contribution in [0.5, 0.6) is 0 Å². The Hall–Kier alpha value is -2.50. The van der Waals surface area contributed by atoms with Crippen molar-refractivity contribution in [2.24, 2.45) is 13.0 Å². The van der Waals surface area contributed by atoms with Gasteiger partial charge in [-0.15, -0.1) is 0 Å². The molecule has 0 unspecified atom stereocenters. The van der Waals surface area contributed by atoms with E-state index in [0.717, 1.165) is 22.5 Å². The molecule has 2 aromatic heterocycles. The quantitative estimate of drug-likeness (QED) is 0.803. The molecular weight excluding hydrogens is 292 g/mol. The number of amides is 2. The summed E-state index contributed by atoms with van der Waals surface area (Å²) in [6.45, 7) is 4.13. The number of pyridine rings is 1. The van der Waals surface area contributed by atoms with Crippen LogP contribution in [0.4, 0.5) is 0 Å². The predicted molar refractivity (Wildman–Crippen MR) is 84.3 cm³/mol. The molecule has 6 heteroatoms. The maximum Gasteiger partial charge on any atom is 0.233 e. The highest BCUT2D eigenvalue weighted by molar-refractivity contribution is 6.03. The molecule has 0 radical (unpaired) electrons. The van der Waals surface area contributed by atoms with E-state index >= 15 is 0 Å². The van der Waals surface area contributed by atoms with Crippen molar-refractivity contribution >= 4 is 11.8 Å². The number of aryl methyl sites for hydroxylation is 3. The van der Waals surface area contributed by atoms with E-state index in [0.29, 0.717) is 13.0 Å². The largest absolute Gasteiger partial charge is 0.278 e. The van der Waals surface area contributed by atoms with Crippen molar-refractivity contribution in [3.8, 4) is 0 Å². The molecular formula is C17H20N4O2. The minimum absolute atomic E-state index is 0.0983. The average Bonchev–Trinajstić information content (AvgIpc) is 3.00. The van der Waals surface area contributed by atoms with Crippen molar-refractivity contribution in [3.63, 3.8) is 0 Å². The fraction of sp³-hybridized carbons (Fsp3) is 0.412. The van der Waals surface area contributed by atoms with Crippen LogP contribution in [0.15, 0.2) is 24.5 Å². The number of rotatable bonds is 4. The molecule has 6 nitrogen and oxygen atoms in total. The lowest BCUT2D eigenvalue weighted by atomic mass is 10.0. The molecule has 23 heavy (non-hydrogen) atoms. The number of likely N-dealkylation sites (tertiary alicyclic amines) is 1. The highest BCUT2D eigenvalue weighted by Crippen LogP contribution is 2.25. The number of aromatic nitrogens is 3. The summed E-state index contributed by atoms with van der Waals surface area (Å²) in [5.41, 5.74) is 3.69. The lowest BCUT2D eigenvalue weighted by molar-refractivity contribution is -0.140. The van der Waals surface area contributed by atoms with Gasteiger partial charge in [-0.1, -0.05) is 6.07 Å². The molecule has 0 N–H and O–H groups in total. The summed E-state index contributed by atoms with van der Waals surface area (Å²) < 4.78 is 1.70. The zero-order chi connectivity index (χ0) is 16.6. The van der Waals surface area contributed by atoms with Crippen LogP contribution in [0.1, 0.15) is 28.9 Å². The van der Waals surface area contributed by atoms with Crippen molar-refractivity contribution in [2.75, 3.05) is 0 Å². The van der Waals surface area contributed by atoms with Crippen LogP contribution in [0, 0.1) is 19.8 Å². The second-order valence-corrected chi connectivity index (χ2v) is 6.14. The summed E-state index contributed by atoms with van der Waals surface area (Å²) >= 11 is 0. The van der Waals surface area contributed by atoms with Crippen LogP contribution in [0.2, 0.25) is 0 Å². The van der Waals surface area contributed by atoms with Crippen LogP contribution < -0.4 is 0 Å². The molecule has 0 spiro atoms. The third kappa shape index (κ3) is 3.16. The summed E-state index contributed by atoms with van der Waals surface area (Å²) in [6, 6.07) is 3.84. The first-order valence-electron chi connectivity index (χ1n) is 7.69. The van der Waals surface area contributed by atoms with Crippen LogP contribution in [-0.4, -0.2) is 31.5 Å². The van der Waals surface area contributed by atoms with Gasteiger partial charge in [-0.25, -0.2) is 0 Å². The molecule has 1 saturated heterocycles. The Kier molecular flexibility index (Phi) is 3.98. The van der Waals surface area contributed by atoms with Gasteiger partial charge in [-0.2, -0.15) is 5.10 Å². The van der Waals surface area contributed by atoms with Crippen LogP contribution in [0.3, 0.4) is 0 Å². The van der Waals surface area contributed by atoms with Gasteiger partial charge in [0.1, 0.15) is 0 Å². The van der Waals surface area contributed by atoms with Crippen molar-refractivity contribution in [1.82, 2.24) is 19.7 Å². The third-order valence-corrected chi connectivity index (χ3v) is 4.24. The summed E-state index contributed by atoms with van der Waals surface area (Å²) in [5, 5.41) is 4.11. The standard InChI is InChI=1S/C17H20N4O2/c1-11-4-5-14(12(2)19-11)10-21-16(22)7-15(17(21)23)6-13-8-18-20(3)9-13/h4-5,8-9,15H,6-7,10H2,1-3H3/t15-/m1/s1. The van der Waals surface area contributed by atoms with E-state index in [9.17, 15) is 9.59 Å². The lowest BCUT2D eigenvalue weighted by Crippen LogP contribution is -2.30. The van der Waals surface area contributed by atoms with Crippen LogP contribution in [-0.2, 0) is 29.6 Å². The highest BCUT2D eigenvalue weighted by atomic mass is 16.2. The molecule has 2 amide bonds. The molecule has 2 aromatic rings. The van der Waals surface area contributed by atoms with Crippen LogP contribution in [0.25, 0.3) is 0 Å². The van der Waals surface area contributed by atoms with Crippen molar-refractivity contribution in [1.29, 1.82) is 0 Å². The Morgan fingerprint density at radius 1 is 1.26 bits per heavy atom. The van der Waals surface area contributed by atoms with Gasteiger partial charge in [0.25, 0.3) is 0 Å². The van der Waals surface area contributed by atoms with Gasteiger partial charge in [-0.05, 0) is 37.5 Å². The molecule has 1 fully saturated rings. The Balaban J connectivity index is 1.73. The summed E-state index contributed by atoms with van der Waals surface area (Å²) in [6.07, 6.45) is 4.45. The molecule has 1 aliphatic heterocycles. The summed E-state index contributed by atoms with van der Waals surface area (Å²) in [5.74, 6) is -0.492. The third-order valence-electron chi connectivity index (χ3n) is 4.24. The molecule has 3 rings (SSSR count). The normalized spacial score (nSPS) is 18.0. The van der Waals surface area contributed by atoms with Crippen molar-refractivity contribution in [2.45, 2.75) is 33.2 Å². The second-order valence-electron chi connectivity index (χ2n) is 6.14. The smallest absolute Gasteiger partial charge is 0.233 e. The monoisotopic (exact) mass is 312 g/mol. The topological polar surface area (TPSA) is 68.1 Å². The highest BCUT2D eigenvalue weighted by Gasteiger charge is 2.38. The van der Waals surface area contributed by atoms with Crippen LogP contribution >= 0.6 is 0 Å². The zero-order valence-electron chi connectivity index (χ0n) is 13.6. The molecule has 1 atom stereocenters. The summed E-state index contributed by atoms with van der Waals surface area (Å²) in [7, 11) is 1.84. The first-order chi connectivity index (χ1) is 10.9. The van der Waals surface area contributed by atoms with Gasteiger partial charge in [-0.3, -0.25) is 24.2 Å². The van der Waals surface area contributed by atoms with E-state index < -0.39 is 0 Å². The number of imide groups is 1. The zero-order valence-corrected chi connectivity index (χ0v) is 13.6. The molecule has 120 valence electrons. The van der Waals surface area contributed by atoms with Gasteiger partial charge in [0.2, 0.25) is 11.8 Å². The maximum atomic E-state index is 12.6. The maximum absolute atomic E-state index is 12.6. The van der Waals surface area contributed by atoms with Gasteiger partial charge in [0.15, 0.2) is 0 Å². The Bertz CT molecular complexity index is 766. The Morgan fingerprint density at radius 3 is 2.70 bits per heavy atom. The van der Waals surface area contributed by atoms with Gasteiger partial charge >= 0.3 is 0 Å². The van der Waals surface area contributed by atoms with E-state index in [-0.39, 0.29) is 24.2 Å². The minimum atomic E-state index is -0.287. The van der Waals surface area contributed by atoms with Gasteiger partial charge < -0.3 is 0 Å². The number of hydrogen-bond donors (Lipinski definition) is 0. The Labute approximate surface area is 135 Å². The number of carbonyl (C=O) groups is 2. The predicted octanol–water partition coefficient (Wildman–Crippen LogP) is 1.55.